The molecule has 0 saturated carbocycles. The molecule has 0 aliphatic heterocycles. The maximum atomic E-state index is 12.8. The van der Waals surface area contributed by atoms with Crippen molar-refractivity contribution in [2.45, 2.75) is 20.8 Å². The molecule has 0 aliphatic carbocycles. The number of hydrogen-bond donors (Lipinski definition) is 3. The third-order valence-electron chi connectivity index (χ3n) is 5.28. The molecule has 3 N–H and O–H groups in total. The van der Waals surface area contributed by atoms with Crippen molar-refractivity contribution in [2.24, 2.45) is 0 Å². The topological polar surface area (TPSA) is 113 Å². The van der Waals surface area contributed by atoms with Gasteiger partial charge in [0.05, 0.1) is 0 Å². The van der Waals surface area contributed by atoms with E-state index in [1.807, 2.05) is 39.0 Å². The molecule has 3 aromatic carbocycles. The SMILES string of the molecule is Cc1cccc(C(=O)Nc2cc(NC(=O)c3cccc(C)c3)nc(NC(=O)c3cccc(C)c3)n2)c1. The van der Waals surface area contributed by atoms with Crippen LogP contribution in [0.3, 0.4) is 0 Å². The smallest absolute Gasteiger partial charge is 0.258 e. The standard InChI is InChI=1S/C28H25N5O3/c1-17-7-4-10-20(13-17)25(34)29-23-16-24(30-26(35)21-11-5-8-18(2)14-21)32-28(31-23)33-27(36)22-12-6-9-19(3)15-22/h4-16H,1-3H3,(H3,29,30,31,32,33,34,35,36). The zero-order valence-corrected chi connectivity index (χ0v) is 20.1. The summed E-state index contributed by atoms with van der Waals surface area (Å²) >= 11 is 0. The Hall–Kier alpha value is -4.85. The van der Waals surface area contributed by atoms with Gasteiger partial charge >= 0.3 is 0 Å². The summed E-state index contributed by atoms with van der Waals surface area (Å²) in [7, 11) is 0. The fourth-order valence-electron chi connectivity index (χ4n) is 3.54. The molecule has 0 fully saturated rings. The zero-order valence-electron chi connectivity index (χ0n) is 20.1. The van der Waals surface area contributed by atoms with Gasteiger partial charge in [0.15, 0.2) is 0 Å². The van der Waals surface area contributed by atoms with Crippen LogP contribution in [0.4, 0.5) is 17.6 Å². The van der Waals surface area contributed by atoms with E-state index in [0.717, 1.165) is 16.7 Å². The molecule has 0 aliphatic rings. The third-order valence-corrected chi connectivity index (χ3v) is 5.28. The van der Waals surface area contributed by atoms with Crippen LogP contribution in [-0.2, 0) is 0 Å². The first-order valence-electron chi connectivity index (χ1n) is 11.3. The molecule has 4 rings (SSSR count). The molecule has 0 spiro atoms. The van der Waals surface area contributed by atoms with Crippen molar-refractivity contribution in [2.75, 3.05) is 16.0 Å². The predicted octanol–water partition coefficient (Wildman–Crippen LogP) is 5.16. The van der Waals surface area contributed by atoms with Crippen molar-refractivity contribution in [1.82, 2.24) is 9.97 Å². The lowest BCUT2D eigenvalue weighted by atomic mass is 10.1. The number of amides is 3. The van der Waals surface area contributed by atoms with E-state index >= 15 is 0 Å². The summed E-state index contributed by atoms with van der Waals surface area (Å²) in [5.41, 5.74) is 4.12. The molecule has 0 unspecified atom stereocenters. The summed E-state index contributed by atoms with van der Waals surface area (Å²) in [4.78, 5) is 46.9. The number of carbonyl (C=O) groups excluding carboxylic acids is 3. The summed E-state index contributed by atoms with van der Waals surface area (Å²) in [5, 5.41) is 8.08. The van der Waals surface area contributed by atoms with Crippen molar-refractivity contribution in [3.63, 3.8) is 0 Å². The van der Waals surface area contributed by atoms with Crippen molar-refractivity contribution < 1.29 is 14.4 Å². The van der Waals surface area contributed by atoms with Crippen LogP contribution in [0.5, 0.6) is 0 Å². The molecule has 1 heterocycles. The maximum absolute atomic E-state index is 12.8. The monoisotopic (exact) mass is 479 g/mol. The Morgan fingerprint density at radius 1 is 0.528 bits per heavy atom. The molecule has 0 atom stereocenters. The first-order valence-corrected chi connectivity index (χ1v) is 11.3. The molecule has 1 aromatic heterocycles. The van der Waals surface area contributed by atoms with Crippen LogP contribution in [0.25, 0.3) is 0 Å². The Balaban J connectivity index is 1.63. The van der Waals surface area contributed by atoms with E-state index in [4.69, 9.17) is 0 Å². The van der Waals surface area contributed by atoms with Crippen molar-refractivity contribution >= 4 is 35.3 Å². The van der Waals surface area contributed by atoms with E-state index in [-0.39, 0.29) is 29.4 Å². The number of nitrogens with zero attached hydrogens (tertiary/aromatic N) is 2. The Bertz CT molecular complexity index is 1280. The van der Waals surface area contributed by atoms with Crippen LogP contribution >= 0.6 is 0 Å². The highest BCUT2D eigenvalue weighted by molar-refractivity contribution is 6.07. The number of rotatable bonds is 6. The second-order valence-electron chi connectivity index (χ2n) is 8.43. The van der Waals surface area contributed by atoms with E-state index in [1.165, 1.54) is 6.07 Å². The van der Waals surface area contributed by atoms with Crippen LogP contribution in [0.15, 0.2) is 78.9 Å². The zero-order chi connectivity index (χ0) is 25.7. The Morgan fingerprint density at radius 2 is 0.889 bits per heavy atom. The van der Waals surface area contributed by atoms with Gasteiger partial charge in [-0.05, 0) is 57.2 Å². The van der Waals surface area contributed by atoms with Gasteiger partial charge in [-0.2, -0.15) is 9.97 Å². The summed E-state index contributed by atoms with van der Waals surface area (Å²) in [6, 6.07) is 22.7. The second kappa shape index (κ2) is 10.6. The van der Waals surface area contributed by atoms with E-state index in [1.54, 1.807) is 54.6 Å². The molecule has 0 bridgehead atoms. The van der Waals surface area contributed by atoms with Gasteiger partial charge in [0.1, 0.15) is 11.6 Å². The van der Waals surface area contributed by atoms with Gasteiger partial charge in [0, 0.05) is 22.8 Å². The average molecular weight is 480 g/mol. The quantitative estimate of drug-likeness (QED) is 0.354. The molecule has 8 nitrogen and oxygen atoms in total. The largest absolute Gasteiger partial charge is 0.306 e. The predicted molar refractivity (Wildman–Crippen MR) is 139 cm³/mol. The lowest BCUT2D eigenvalue weighted by Crippen LogP contribution is -2.19. The lowest BCUT2D eigenvalue weighted by molar-refractivity contribution is 0.101. The van der Waals surface area contributed by atoms with Gasteiger partial charge < -0.3 is 10.6 Å². The van der Waals surface area contributed by atoms with Gasteiger partial charge in [-0.25, -0.2) is 0 Å². The first-order chi connectivity index (χ1) is 17.3. The van der Waals surface area contributed by atoms with Crippen LogP contribution in [0, 0.1) is 20.8 Å². The minimum atomic E-state index is -0.420. The van der Waals surface area contributed by atoms with Crippen LogP contribution in [0.1, 0.15) is 47.8 Å². The Kier molecular flexibility index (Phi) is 7.15. The minimum absolute atomic E-state index is 0.0666. The first kappa shape index (κ1) is 24.3. The normalized spacial score (nSPS) is 10.4. The highest BCUT2D eigenvalue weighted by atomic mass is 16.2. The molecule has 0 radical (unpaired) electrons. The number of aromatic nitrogens is 2. The Morgan fingerprint density at radius 3 is 1.25 bits per heavy atom. The number of benzene rings is 3. The average Bonchev–Trinajstić information content (AvgIpc) is 2.84. The van der Waals surface area contributed by atoms with Crippen LogP contribution in [-0.4, -0.2) is 27.7 Å². The number of hydrogen-bond acceptors (Lipinski definition) is 5. The highest BCUT2D eigenvalue weighted by Gasteiger charge is 2.15. The number of carbonyl (C=O) groups is 3. The maximum Gasteiger partial charge on any atom is 0.258 e. The molecular weight excluding hydrogens is 454 g/mol. The molecule has 4 aromatic rings. The molecule has 3 amide bonds. The highest BCUT2D eigenvalue weighted by Crippen LogP contribution is 2.18. The number of anilines is 3. The molecular formula is C28H25N5O3. The van der Waals surface area contributed by atoms with Gasteiger partial charge in [-0.1, -0.05) is 53.1 Å². The summed E-state index contributed by atoms with van der Waals surface area (Å²) in [6.07, 6.45) is 0. The molecule has 8 heteroatoms. The molecule has 0 saturated heterocycles. The third kappa shape index (κ3) is 6.18. The fraction of sp³-hybridized carbons (Fsp3) is 0.107. The Labute approximate surface area is 208 Å². The van der Waals surface area contributed by atoms with Gasteiger partial charge in [0.2, 0.25) is 5.95 Å². The van der Waals surface area contributed by atoms with Gasteiger partial charge in [0.25, 0.3) is 17.7 Å². The van der Waals surface area contributed by atoms with Crippen LogP contribution < -0.4 is 16.0 Å². The van der Waals surface area contributed by atoms with E-state index in [0.29, 0.717) is 16.7 Å². The van der Waals surface area contributed by atoms with E-state index in [9.17, 15) is 14.4 Å². The van der Waals surface area contributed by atoms with E-state index in [2.05, 4.69) is 25.9 Å². The fourth-order valence-corrected chi connectivity index (χ4v) is 3.54. The second-order valence-corrected chi connectivity index (χ2v) is 8.43. The molecule has 180 valence electrons. The van der Waals surface area contributed by atoms with Gasteiger partial charge in [-0.3, -0.25) is 19.7 Å². The van der Waals surface area contributed by atoms with Gasteiger partial charge in [-0.15, -0.1) is 0 Å². The number of aryl methyl sites for hydroxylation is 3. The van der Waals surface area contributed by atoms with Crippen LogP contribution in [0.2, 0.25) is 0 Å². The summed E-state index contributed by atoms with van der Waals surface area (Å²) in [5.74, 6) is -1.01. The number of nitrogens with one attached hydrogen (secondary N) is 3. The lowest BCUT2D eigenvalue weighted by Gasteiger charge is -2.12. The van der Waals surface area contributed by atoms with Crippen molar-refractivity contribution in [3.8, 4) is 0 Å². The van der Waals surface area contributed by atoms with E-state index < -0.39 is 5.91 Å². The summed E-state index contributed by atoms with van der Waals surface area (Å²) in [6.45, 7) is 5.66. The minimum Gasteiger partial charge on any atom is -0.306 e. The summed E-state index contributed by atoms with van der Waals surface area (Å²) < 4.78 is 0. The molecule has 36 heavy (non-hydrogen) atoms. The van der Waals surface area contributed by atoms with Crippen molar-refractivity contribution in [3.05, 3.63) is 112 Å². The van der Waals surface area contributed by atoms with Crippen molar-refractivity contribution in [1.29, 1.82) is 0 Å².